The molecule has 1 aromatic rings. The smallest absolute Gasteiger partial charge is 0.337 e. The summed E-state index contributed by atoms with van der Waals surface area (Å²) in [6.45, 7) is 3.06. The molecule has 2 nitrogen and oxygen atoms in total. The quantitative estimate of drug-likeness (QED) is 0.645. The third-order valence-electron chi connectivity index (χ3n) is 2.00. The van der Waals surface area contributed by atoms with Gasteiger partial charge in [-0.1, -0.05) is 18.7 Å². The first kappa shape index (κ1) is 13.2. The third kappa shape index (κ3) is 3.58. The van der Waals surface area contributed by atoms with Crippen LogP contribution >= 0.6 is 0 Å². The van der Waals surface area contributed by atoms with Crippen molar-refractivity contribution in [1.29, 1.82) is 0 Å². The van der Waals surface area contributed by atoms with Gasteiger partial charge >= 0.3 is 6.18 Å². The van der Waals surface area contributed by atoms with Crippen molar-refractivity contribution in [3.8, 4) is 0 Å². The second-order valence-electron chi connectivity index (χ2n) is 3.24. The van der Waals surface area contributed by atoms with Crippen LogP contribution in [-0.2, 0) is 4.79 Å². The Labute approximate surface area is 94.9 Å². The van der Waals surface area contributed by atoms with Gasteiger partial charge in [-0.25, -0.2) is 4.39 Å². The molecule has 1 aromatic carbocycles. The van der Waals surface area contributed by atoms with Gasteiger partial charge in [-0.15, -0.1) is 0 Å². The van der Waals surface area contributed by atoms with Gasteiger partial charge in [0.05, 0.1) is 0 Å². The normalized spacial score (nSPS) is 12.9. The number of carbonyl (C=O) groups is 1. The minimum absolute atomic E-state index is 0.242. The number of carbonyl (C=O) groups excluding carboxylic acids is 1. The van der Waals surface area contributed by atoms with Crippen molar-refractivity contribution in [2.45, 2.75) is 12.2 Å². The van der Waals surface area contributed by atoms with Gasteiger partial charge < -0.3 is 5.32 Å². The Kier molecular flexibility index (Phi) is 3.88. The number of hydrogen-bond acceptors (Lipinski definition) is 1. The van der Waals surface area contributed by atoms with Crippen LogP contribution in [0, 0.1) is 5.82 Å². The molecule has 1 atom stereocenters. The van der Waals surface area contributed by atoms with E-state index in [0.29, 0.717) is 0 Å². The van der Waals surface area contributed by atoms with Gasteiger partial charge in [0.15, 0.2) is 6.04 Å². The molecule has 0 aromatic heterocycles. The topological polar surface area (TPSA) is 29.1 Å². The van der Waals surface area contributed by atoms with Crippen molar-refractivity contribution in [3.05, 3.63) is 48.3 Å². The SMILES string of the molecule is C=CC(=O)N[C@H](c1ccc(F)cc1)C(F)(F)F. The third-order valence-corrected chi connectivity index (χ3v) is 2.00. The maximum Gasteiger partial charge on any atom is 0.412 e. The maximum absolute atomic E-state index is 12.7. The fraction of sp³-hybridized carbons (Fsp3) is 0.182. The average molecular weight is 247 g/mol. The summed E-state index contributed by atoms with van der Waals surface area (Å²) in [5.74, 6) is -1.60. The molecule has 0 aliphatic heterocycles. The molecule has 0 radical (unpaired) electrons. The molecule has 6 heteroatoms. The number of alkyl halides is 3. The summed E-state index contributed by atoms with van der Waals surface area (Å²) in [4.78, 5) is 10.9. The lowest BCUT2D eigenvalue weighted by atomic mass is 10.1. The van der Waals surface area contributed by atoms with Crippen molar-refractivity contribution in [2.75, 3.05) is 0 Å². The molecule has 1 N–H and O–H groups in total. The molecule has 0 spiro atoms. The van der Waals surface area contributed by atoms with E-state index in [1.165, 1.54) is 0 Å². The highest BCUT2D eigenvalue weighted by atomic mass is 19.4. The van der Waals surface area contributed by atoms with Crippen LogP contribution in [0.4, 0.5) is 17.6 Å². The zero-order chi connectivity index (χ0) is 13.1. The molecule has 0 saturated carbocycles. The number of hydrogen-bond donors (Lipinski definition) is 1. The van der Waals surface area contributed by atoms with Crippen LogP contribution in [0.2, 0.25) is 0 Å². The predicted octanol–water partition coefficient (Wildman–Crippen LogP) is 2.73. The monoisotopic (exact) mass is 247 g/mol. The van der Waals surface area contributed by atoms with E-state index in [0.717, 1.165) is 30.3 Å². The number of benzene rings is 1. The number of halogens is 4. The van der Waals surface area contributed by atoms with Crippen molar-refractivity contribution in [1.82, 2.24) is 5.32 Å². The fourth-order valence-electron chi connectivity index (χ4n) is 1.21. The van der Waals surface area contributed by atoms with Crippen molar-refractivity contribution in [2.24, 2.45) is 0 Å². The van der Waals surface area contributed by atoms with Gasteiger partial charge in [-0.2, -0.15) is 13.2 Å². The molecule has 92 valence electrons. The molecule has 0 aliphatic carbocycles. The van der Waals surface area contributed by atoms with Gasteiger partial charge in [-0.3, -0.25) is 4.79 Å². The number of rotatable bonds is 3. The molecule has 0 heterocycles. The lowest BCUT2D eigenvalue weighted by Gasteiger charge is -2.21. The van der Waals surface area contributed by atoms with Gasteiger partial charge in [-0.05, 0) is 23.8 Å². The summed E-state index contributed by atoms with van der Waals surface area (Å²) in [6, 6.07) is 1.56. The lowest BCUT2D eigenvalue weighted by molar-refractivity contribution is -0.162. The largest absolute Gasteiger partial charge is 0.412 e. The lowest BCUT2D eigenvalue weighted by Crippen LogP contribution is -2.37. The summed E-state index contributed by atoms with van der Waals surface area (Å²) in [6.07, 6.45) is -3.92. The van der Waals surface area contributed by atoms with E-state index in [1.54, 1.807) is 5.32 Å². The summed E-state index contributed by atoms with van der Waals surface area (Å²) in [5, 5.41) is 1.74. The van der Waals surface area contributed by atoms with E-state index in [4.69, 9.17) is 0 Å². The summed E-state index contributed by atoms with van der Waals surface area (Å²) >= 11 is 0. The van der Waals surface area contributed by atoms with Crippen LogP contribution < -0.4 is 5.32 Å². The van der Waals surface area contributed by atoms with E-state index in [2.05, 4.69) is 6.58 Å². The zero-order valence-corrected chi connectivity index (χ0v) is 8.59. The second kappa shape index (κ2) is 4.99. The molecule has 1 rings (SSSR count). The van der Waals surface area contributed by atoms with Gasteiger partial charge in [0.25, 0.3) is 0 Å². The standard InChI is InChI=1S/C11H9F4NO/c1-2-9(17)16-10(11(13,14)15)7-3-5-8(12)6-4-7/h2-6,10H,1H2,(H,16,17)/t10-/m1/s1. The highest BCUT2D eigenvalue weighted by molar-refractivity contribution is 5.87. The Morgan fingerprint density at radius 2 is 1.82 bits per heavy atom. The fourth-order valence-corrected chi connectivity index (χ4v) is 1.21. The van der Waals surface area contributed by atoms with Crippen LogP contribution in [0.25, 0.3) is 0 Å². The second-order valence-corrected chi connectivity index (χ2v) is 3.24. The van der Waals surface area contributed by atoms with Gasteiger partial charge in [0.1, 0.15) is 5.82 Å². The first-order chi connectivity index (χ1) is 7.84. The molecule has 1 amide bonds. The molecular formula is C11H9F4NO. The van der Waals surface area contributed by atoms with Crippen LogP contribution in [0.3, 0.4) is 0 Å². The van der Waals surface area contributed by atoms with E-state index in [-0.39, 0.29) is 5.56 Å². The van der Waals surface area contributed by atoms with Crippen molar-refractivity contribution < 1.29 is 22.4 Å². The minimum atomic E-state index is -4.66. The highest BCUT2D eigenvalue weighted by Gasteiger charge is 2.41. The van der Waals surface area contributed by atoms with Crippen LogP contribution in [-0.4, -0.2) is 12.1 Å². The summed E-state index contributed by atoms with van der Waals surface area (Å²) in [5.41, 5.74) is -0.242. The van der Waals surface area contributed by atoms with E-state index in [1.807, 2.05) is 0 Å². The van der Waals surface area contributed by atoms with E-state index in [9.17, 15) is 22.4 Å². The van der Waals surface area contributed by atoms with E-state index >= 15 is 0 Å². The van der Waals surface area contributed by atoms with Crippen molar-refractivity contribution >= 4 is 5.91 Å². The Bertz CT molecular complexity index is 410. The first-order valence-electron chi connectivity index (χ1n) is 4.59. The molecule has 0 bridgehead atoms. The Balaban J connectivity index is 3.02. The molecule has 0 fully saturated rings. The molecule has 0 aliphatic rings. The highest BCUT2D eigenvalue weighted by Crippen LogP contribution is 2.32. The van der Waals surface area contributed by atoms with Crippen molar-refractivity contribution in [3.63, 3.8) is 0 Å². The Hall–Kier alpha value is -1.85. The van der Waals surface area contributed by atoms with Gasteiger partial charge in [0, 0.05) is 0 Å². The summed E-state index contributed by atoms with van der Waals surface area (Å²) in [7, 11) is 0. The Morgan fingerprint density at radius 3 is 2.24 bits per heavy atom. The molecule has 17 heavy (non-hydrogen) atoms. The van der Waals surface area contributed by atoms with Gasteiger partial charge in [0.2, 0.25) is 5.91 Å². The average Bonchev–Trinajstić information content (AvgIpc) is 2.25. The molecular weight excluding hydrogens is 238 g/mol. The first-order valence-corrected chi connectivity index (χ1v) is 4.59. The number of amides is 1. The maximum atomic E-state index is 12.7. The van der Waals surface area contributed by atoms with Crippen LogP contribution in [0.15, 0.2) is 36.9 Å². The predicted molar refractivity (Wildman–Crippen MR) is 53.5 cm³/mol. The Morgan fingerprint density at radius 1 is 1.29 bits per heavy atom. The summed E-state index contributed by atoms with van der Waals surface area (Å²) < 4.78 is 50.6. The zero-order valence-electron chi connectivity index (χ0n) is 8.59. The molecule has 0 unspecified atom stereocenters. The van der Waals surface area contributed by atoms with E-state index < -0.39 is 23.9 Å². The van der Waals surface area contributed by atoms with Crippen LogP contribution in [0.5, 0.6) is 0 Å². The van der Waals surface area contributed by atoms with Crippen LogP contribution in [0.1, 0.15) is 11.6 Å². The number of nitrogens with one attached hydrogen (secondary N) is 1. The molecule has 0 saturated heterocycles. The minimum Gasteiger partial charge on any atom is -0.337 e.